The summed E-state index contributed by atoms with van der Waals surface area (Å²) in [6.07, 6.45) is 14.6. The van der Waals surface area contributed by atoms with Crippen molar-refractivity contribution in [2.24, 2.45) is 185 Å². The molecule has 4 N–H and O–H groups in total. The zero-order chi connectivity index (χ0) is 88.8. The average molecular weight is 1720 g/mol. The van der Waals surface area contributed by atoms with Gasteiger partial charge in [0.05, 0.1) is 67.7 Å². The maximum absolute atomic E-state index is 5.68. The minimum absolute atomic E-state index is 0.158. The van der Waals surface area contributed by atoms with Crippen molar-refractivity contribution >= 4 is 88.7 Å². The molecule has 0 radical (unpaired) electrons. The van der Waals surface area contributed by atoms with Gasteiger partial charge in [-0.2, -0.15) is 0 Å². The Hall–Kier alpha value is -11.2. The minimum Gasteiger partial charge on any atom is -0.355 e. The summed E-state index contributed by atoms with van der Waals surface area (Å²) in [6.45, 7) is 36.6. The number of aromatic nitrogens is 8. The molecule has 0 saturated heterocycles. The van der Waals surface area contributed by atoms with Crippen LogP contribution in [0.2, 0.25) is 0 Å². The predicted molar refractivity (Wildman–Crippen MR) is 526 cm³/mol. The molecule has 24 fully saturated rings. The second-order valence-corrected chi connectivity index (χ2v) is 44.7. The van der Waals surface area contributed by atoms with E-state index in [1.807, 2.05) is 0 Å². The van der Waals surface area contributed by atoms with Gasteiger partial charge in [-0.05, 0) is 441 Å². The molecule has 132 heavy (non-hydrogen) atoms. The van der Waals surface area contributed by atoms with Gasteiger partial charge in [-0.1, -0.05) is 158 Å². The van der Waals surface area contributed by atoms with Crippen molar-refractivity contribution in [3.05, 3.63) is 138 Å². The smallest absolute Gasteiger partial charge is 0.0850 e. The van der Waals surface area contributed by atoms with Crippen LogP contribution in [-0.2, 0) is 51.4 Å². The molecule has 0 aromatic carbocycles. The normalized spacial score (nSPS) is 40.3. The minimum atomic E-state index is 0.158. The zero-order valence-corrected chi connectivity index (χ0v) is 79.4. The molecule has 34 rings (SSSR count). The fourth-order valence-electron chi connectivity index (χ4n) is 40.0. The Morgan fingerprint density at radius 2 is 0.379 bits per heavy atom. The Bertz CT molecular complexity index is 7540. The molecule has 4 aliphatic heterocycles. The first-order valence-electron chi connectivity index (χ1n) is 52.4. The monoisotopic (exact) mass is 1710 g/mol. The van der Waals surface area contributed by atoms with Gasteiger partial charge in [0, 0.05) is 76.4 Å². The second kappa shape index (κ2) is 24.9. The fourth-order valence-corrected chi connectivity index (χ4v) is 40.0. The molecule has 0 amide bonds. The van der Waals surface area contributed by atoms with Crippen molar-refractivity contribution < 1.29 is 0 Å². The predicted octanol–water partition coefficient (Wildman–Crippen LogP) is 22.7. The van der Waals surface area contributed by atoms with E-state index in [0.717, 1.165) is 258 Å². The van der Waals surface area contributed by atoms with Crippen molar-refractivity contribution in [3.63, 3.8) is 0 Å². The average Bonchev–Trinajstić information content (AvgIpc) is 0.634. The van der Waals surface area contributed by atoms with Crippen LogP contribution in [0.25, 0.3) is 88.7 Å². The highest BCUT2D eigenvalue weighted by atomic mass is 15.1. The molecule has 0 atom stereocenters. The molecule has 8 nitrogen and oxygen atoms in total. The third kappa shape index (κ3) is 7.41. The van der Waals surface area contributed by atoms with Gasteiger partial charge in [0.2, 0.25) is 0 Å². The van der Waals surface area contributed by atoms with Crippen LogP contribution < -0.4 is 0 Å². The summed E-state index contributed by atoms with van der Waals surface area (Å²) in [4.78, 5) is 38.3. The zero-order valence-electron chi connectivity index (χ0n) is 79.4. The highest BCUT2D eigenvalue weighted by Crippen LogP contribution is 3.13. The summed E-state index contributed by atoms with van der Waals surface area (Å²) in [6, 6.07) is 14.0. The Kier molecular flexibility index (Phi) is 14.5. The van der Waals surface area contributed by atoms with Gasteiger partial charge >= 0.3 is 0 Å². The lowest BCUT2D eigenvalue weighted by Crippen LogP contribution is -3.09. The third-order valence-electron chi connectivity index (χ3n) is 43.7. The van der Waals surface area contributed by atoms with Crippen LogP contribution in [0.15, 0.2) is 36.4 Å². The van der Waals surface area contributed by atoms with Crippen LogP contribution in [0.4, 0.5) is 0 Å². The molecule has 10 heterocycles. The SMILES string of the molecule is CCC1=C(CC)c2cc3[nH]c(cc4[nH]c(c(C#CC#CC56C7C8C5C5C6C7C85C#CC#CC56C7C8C5C5C6C7C85C#CC#CC56C7C8C5C5C6C7C85C#CC#CC56C7C8C5C5C6C7C85C#CC#Cc5c6nc(cc7[nH]c(cc8nc(cc9[nH]c5c(CC)c9CC)C(CC)=C8CC)c(CC)c7CC)C(CC)=C6CC)c5nc(cc1n2)C(CC)=C5CC)c(CC)c4CC)c(CC)c3CC. The molecule has 0 unspecified atom stereocenters. The second-order valence-electron chi connectivity index (χ2n) is 44.7. The Labute approximate surface area is 778 Å². The molecule has 8 heteroatoms. The van der Waals surface area contributed by atoms with Gasteiger partial charge < -0.3 is 19.9 Å². The van der Waals surface area contributed by atoms with Crippen molar-refractivity contribution in [1.82, 2.24) is 39.9 Å². The van der Waals surface area contributed by atoms with Crippen LogP contribution in [-0.4, -0.2) is 39.9 Å². The molecule has 0 spiro atoms. The number of rotatable bonds is 16. The number of H-pyrrole nitrogens is 4. The van der Waals surface area contributed by atoms with Crippen LogP contribution in [0.5, 0.6) is 0 Å². The number of hydrogen-bond acceptors (Lipinski definition) is 4. The first-order chi connectivity index (χ1) is 64.7. The number of allylic oxidation sites excluding steroid dienone is 8. The standard InChI is InChI=1S/C124H114N8/c1-17-59-63(21-5)81-55-85-67(25-9)71(29-13)113(129-85)75(114-72(30-14)68(26-10)86(130-114)56-82-64(22-6)60(18-2)78(126-82)53-77(59)125-81)43-33-35-45-117-89-95-90(117)97-91(117)96(89)119(95,97)47-37-39-49-121-101-107-102(121)109-103(121)108(101)123(107,109)51-41-42-52-124-110-104-111(124)106-112(124)105(110)122(104,106)50-40-38-48-120-98-92-99(120)94-100(120)93(98)118(92,94)46-36-34-44-76-115-73(31-15)69(27-11)87(131-115)57-83-65(23-7)61(19-3)79(127-83)54-80-62(20-4)66(24-8)84(128-80)58-88-70(28-12)74(32-16)116(76)132-88/h53-58,89-112,125,127,129,132H,17-32H2,1-16H3. The molecular formula is C124H114N8. The molecule has 6 aromatic rings. The van der Waals surface area contributed by atoms with E-state index in [9.17, 15) is 0 Å². The summed E-state index contributed by atoms with van der Waals surface area (Å²) in [7, 11) is 0. The van der Waals surface area contributed by atoms with Crippen LogP contribution in [0.3, 0.4) is 0 Å². The lowest BCUT2D eigenvalue weighted by Gasteiger charge is -3.09. The summed E-state index contributed by atoms with van der Waals surface area (Å²) >= 11 is 0. The van der Waals surface area contributed by atoms with Crippen molar-refractivity contribution in [1.29, 1.82) is 0 Å². The number of fused-ring (bicyclic) bond motifs is 16. The quantitative estimate of drug-likeness (QED) is 0.0723. The number of aromatic amines is 4. The van der Waals surface area contributed by atoms with Crippen LogP contribution in [0, 0.1) is 304 Å². The first kappa shape index (κ1) is 77.3. The molecule has 24 aliphatic carbocycles. The van der Waals surface area contributed by atoms with Gasteiger partial charge in [-0.15, -0.1) is 0 Å². The van der Waals surface area contributed by atoms with Crippen LogP contribution >= 0.6 is 0 Å². The summed E-state index contributed by atoms with van der Waals surface area (Å²) in [5.41, 5.74) is 42.7. The summed E-state index contributed by atoms with van der Waals surface area (Å²) in [5, 5.41) is 0. The lowest BCUT2D eigenvalue weighted by atomic mass is 8.92. The molecule has 24 saturated carbocycles. The lowest BCUT2D eigenvalue weighted by molar-refractivity contribution is -0.624. The van der Waals surface area contributed by atoms with Gasteiger partial charge in [0.1, 0.15) is 0 Å². The first-order valence-corrected chi connectivity index (χ1v) is 52.4. The fraction of sp³-hybridized carbons (Fsp3) is 0.516. The maximum Gasteiger partial charge on any atom is 0.0850 e. The van der Waals surface area contributed by atoms with E-state index in [1.54, 1.807) is 0 Å². The third-order valence-corrected chi connectivity index (χ3v) is 43.7. The summed E-state index contributed by atoms with van der Waals surface area (Å²) < 4.78 is 0. The Morgan fingerprint density at radius 3 is 0.614 bits per heavy atom. The van der Waals surface area contributed by atoms with Crippen LogP contribution in [0.1, 0.15) is 263 Å². The highest BCUT2D eigenvalue weighted by Gasteiger charge is 3.13. The molecule has 28 aliphatic rings. The molecular weight excluding hydrogens is 1600 g/mol. The Balaban J connectivity index is 0.366. The van der Waals surface area contributed by atoms with Gasteiger partial charge in [0.25, 0.3) is 0 Å². The van der Waals surface area contributed by atoms with Gasteiger partial charge in [-0.25, -0.2) is 19.9 Å². The van der Waals surface area contributed by atoms with Crippen molar-refractivity contribution in [2.75, 3.05) is 0 Å². The molecule has 650 valence electrons. The van der Waals surface area contributed by atoms with E-state index in [-0.39, 0.29) is 43.3 Å². The molecule has 16 bridgehead atoms. The number of nitrogens with one attached hydrogen (secondary N) is 4. The van der Waals surface area contributed by atoms with Crippen molar-refractivity contribution in [3.8, 4) is 118 Å². The van der Waals surface area contributed by atoms with Gasteiger partial charge in [0.15, 0.2) is 0 Å². The van der Waals surface area contributed by atoms with E-state index in [4.69, 9.17) is 19.9 Å². The number of aryl methyl sites for hydroxylation is 8. The van der Waals surface area contributed by atoms with E-state index < -0.39 is 0 Å². The summed E-state index contributed by atoms with van der Waals surface area (Å²) in [5.74, 6) is 92.4. The molecule has 6 aromatic heterocycles. The maximum atomic E-state index is 5.68. The van der Waals surface area contributed by atoms with E-state index in [0.29, 0.717) is 71.0 Å². The number of nitrogens with zero attached hydrogens (tertiary/aromatic N) is 4. The highest BCUT2D eigenvalue weighted by molar-refractivity contribution is 6.01. The van der Waals surface area contributed by atoms with E-state index in [2.05, 4.69) is 286 Å². The van der Waals surface area contributed by atoms with Crippen molar-refractivity contribution in [2.45, 2.75) is 214 Å². The largest absolute Gasteiger partial charge is 0.355 e. The topological polar surface area (TPSA) is 115 Å². The van der Waals surface area contributed by atoms with E-state index in [1.165, 1.54) is 106 Å². The Morgan fingerprint density at radius 1 is 0.197 bits per heavy atom. The number of hydrogen-bond donors (Lipinski definition) is 4. The van der Waals surface area contributed by atoms with Gasteiger partial charge in [-0.3, -0.25) is 0 Å². The van der Waals surface area contributed by atoms with E-state index >= 15 is 0 Å².